The van der Waals surface area contributed by atoms with Gasteiger partial charge >= 0.3 is 5.97 Å². The Balaban J connectivity index is 3.05. The third-order valence-electron chi connectivity index (χ3n) is 3.37. The molecule has 1 atom stereocenters. The van der Waals surface area contributed by atoms with E-state index in [0.29, 0.717) is 6.42 Å². The minimum absolute atomic E-state index is 0.395. The maximum Gasteiger partial charge on any atom is 0.332 e. The molecule has 0 unspecified atom stereocenters. The molecule has 0 spiro atoms. The molecule has 0 aliphatic rings. The number of carbonyl (C=O) groups is 1. The summed E-state index contributed by atoms with van der Waals surface area (Å²) in [6.07, 6.45) is 12.9. The summed E-state index contributed by atoms with van der Waals surface area (Å²) in [5, 5.41) is 17.6. The summed E-state index contributed by atoms with van der Waals surface area (Å²) in [5.41, 5.74) is 0. The van der Waals surface area contributed by atoms with E-state index in [1.807, 2.05) is 0 Å². The van der Waals surface area contributed by atoms with Gasteiger partial charge in [-0.1, -0.05) is 77.6 Å². The van der Waals surface area contributed by atoms with Crippen LogP contribution in [0.1, 0.15) is 84.0 Å². The predicted molar refractivity (Wildman–Crippen MR) is 74.7 cm³/mol. The number of carboxylic acid groups (broad SMARTS) is 1. The van der Waals surface area contributed by atoms with Crippen LogP contribution < -0.4 is 0 Å². The maximum atomic E-state index is 10.4. The molecule has 0 bridgehead atoms. The van der Waals surface area contributed by atoms with Gasteiger partial charge in [0.05, 0.1) is 0 Å². The lowest BCUT2D eigenvalue weighted by Crippen LogP contribution is -2.18. The van der Waals surface area contributed by atoms with Gasteiger partial charge in [-0.25, -0.2) is 4.79 Å². The number of hydrogen-bond acceptors (Lipinski definition) is 2. The third kappa shape index (κ3) is 11.9. The zero-order valence-electron chi connectivity index (χ0n) is 11.9. The van der Waals surface area contributed by atoms with E-state index in [1.54, 1.807) is 0 Å². The van der Waals surface area contributed by atoms with Gasteiger partial charge in [0.2, 0.25) is 0 Å². The largest absolute Gasteiger partial charge is 0.479 e. The first kappa shape index (κ1) is 17.4. The highest BCUT2D eigenvalue weighted by atomic mass is 16.4. The highest BCUT2D eigenvalue weighted by Gasteiger charge is 2.11. The molecular formula is C15H30O3. The average molecular weight is 258 g/mol. The first-order valence-corrected chi connectivity index (χ1v) is 7.59. The zero-order valence-corrected chi connectivity index (χ0v) is 11.9. The summed E-state index contributed by atoms with van der Waals surface area (Å²) in [5.74, 6) is -1.10. The molecule has 3 nitrogen and oxygen atoms in total. The molecule has 0 fully saturated rings. The summed E-state index contributed by atoms with van der Waals surface area (Å²) in [6, 6.07) is 0. The van der Waals surface area contributed by atoms with Crippen molar-refractivity contribution in [2.45, 2.75) is 90.1 Å². The zero-order chi connectivity index (χ0) is 13.6. The Morgan fingerprint density at radius 1 is 0.833 bits per heavy atom. The van der Waals surface area contributed by atoms with Crippen LogP contribution in [0.5, 0.6) is 0 Å². The van der Waals surface area contributed by atoms with Crippen molar-refractivity contribution in [3.05, 3.63) is 0 Å². The van der Waals surface area contributed by atoms with Gasteiger partial charge in [0.25, 0.3) is 0 Å². The average Bonchev–Trinajstić information content (AvgIpc) is 2.35. The summed E-state index contributed by atoms with van der Waals surface area (Å²) in [7, 11) is 0. The Morgan fingerprint density at radius 3 is 1.61 bits per heavy atom. The van der Waals surface area contributed by atoms with Crippen molar-refractivity contribution in [2.75, 3.05) is 0 Å². The van der Waals surface area contributed by atoms with Crippen molar-refractivity contribution in [3.8, 4) is 0 Å². The number of rotatable bonds is 13. The number of aliphatic hydroxyl groups is 1. The number of hydrogen-bond donors (Lipinski definition) is 2. The normalized spacial score (nSPS) is 12.6. The molecule has 0 heterocycles. The molecule has 2 N–H and O–H groups in total. The minimum atomic E-state index is -1.16. The molecule has 0 aromatic rings. The van der Waals surface area contributed by atoms with E-state index in [-0.39, 0.29) is 0 Å². The molecular weight excluding hydrogens is 228 g/mol. The minimum Gasteiger partial charge on any atom is -0.479 e. The highest BCUT2D eigenvalue weighted by Crippen LogP contribution is 2.12. The first-order chi connectivity index (χ1) is 8.68. The fourth-order valence-electron chi connectivity index (χ4n) is 2.13. The molecule has 108 valence electrons. The SMILES string of the molecule is CCCCCCCCCCCCC[C@H](O)C(=O)O. The Labute approximate surface area is 112 Å². The fraction of sp³-hybridized carbons (Fsp3) is 0.933. The Bertz CT molecular complexity index is 192. The summed E-state index contributed by atoms with van der Waals surface area (Å²) < 4.78 is 0. The number of aliphatic carboxylic acids is 1. The Kier molecular flexibility index (Phi) is 12.5. The van der Waals surface area contributed by atoms with E-state index in [4.69, 9.17) is 10.2 Å². The van der Waals surface area contributed by atoms with E-state index >= 15 is 0 Å². The van der Waals surface area contributed by atoms with Gasteiger partial charge in [-0.05, 0) is 6.42 Å². The molecule has 0 aliphatic heterocycles. The van der Waals surface area contributed by atoms with Crippen LogP contribution in [0.25, 0.3) is 0 Å². The third-order valence-corrected chi connectivity index (χ3v) is 3.37. The molecule has 18 heavy (non-hydrogen) atoms. The lowest BCUT2D eigenvalue weighted by Gasteiger charge is -2.05. The molecule has 0 aliphatic carbocycles. The molecule has 0 aromatic carbocycles. The van der Waals surface area contributed by atoms with Crippen molar-refractivity contribution in [1.29, 1.82) is 0 Å². The van der Waals surface area contributed by atoms with Gasteiger partial charge in [0.15, 0.2) is 6.10 Å². The second-order valence-electron chi connectivity index (χ2n) is 5.18. The van der Waals surface area contributed by atoms with Gasteiger partial charge < -0.3 is 10.2 Å². The van der Waals surface area contributed by atoms with E-state index in [9.17, 15) is 4.79 Å². The van der Waals surface area contributed by atoms with E-state index < -0.39 is 12.1 Å². The second-order valence-corrected chi connectivity index (χ2v) is 5.18. The molecule has 0 saturated carbocycles. The second kappa shape index (κ2) is 12.9. The molecule has 3 heteroatoms. The molecule has 0 radical (unpaired) electrons. The van der Waals surface area contributed by atoms with Gasteiger partial charge in [0, 0.05) is 0 Å². The van der Waals surface area contributed by atoms with Crippen molar-refractivity contribution >= 4 is 5.97 Å². The molecule has 0 amide bonds. The Hall–Kier alpha value is -0.570. The van der Waals surface area contributed by atoms with Crippen LogP contribution in [0.4, 0.5) is 0 Å². The van der Waals surface area contributed by atoms with Crippen LogP contribution in [-0.4, -0.2) is 22.3 Å². The van der Waals surface area contributed by atoms with Gasteiger partial charge in [0.1, 0.15) is 0 Å². The highest BCUT2D eigenvalue weighted by molar-refractivity contribution is 5.71. The predicted octanol–water partition coefficient (Wildman–Crippen LogP) is 4.13. The smallest absolute Gasteiger partial charge is 0.332 e. The summed E-state index contributed by atoms with van der Waals surface area (Å²) in [6.45, 7) is 2.24. The topological polar surface area (TPSA) is 57.5 Å². The van der Waals surface area contributed by atoms with Crippen LogP contribution in [0.3, 0.4) is 0 Å². The quantitative estimate of drug-likeness (QED) is 0.488. The maximum absolute atomic E-state index is 10.4. The lowest BCUT2D eigenvalue weighted by molar-refractivity contribution is -0.146. The summed E-state index contributed by atoms with van der Waals surface area (Å²) >= 11 is 0. The van der Waals surface area contributed by atoms with Crippen LogP contribution >= 0.6 is 0 Å². The lowest BCUT2D eigenvalue weighted by atomic mass is 10.0. The van der Waals surface area contributed by atoms with E-state index in [1.165, 1.54) is 57.8 Å². The first-order valence-electron chi connectivity index (χ1n) is 7.59. The monoisotopic (exact) mass is 258 g/mol. The Morgan fingerprint density at radius 2 is 1.22 bits per heavy atom. The van der Waals surface area contributed by atoms with Crippen LogP contribution in [-0.2, 0) is 4.79 Å². The van der Waals surface area contributed by atoms with Crippen molar-refractivity contribution < 1.29 is 15.0 Å². The number of carboxylic acids is 1. The number of unbranched alkanes of at least 4 members (excludes halogenated alkanes) is 10. The molecule has 0 aromatic heterocycles. The van der Waals surface area contributed by atoms with Gasteiger partial charge in [-0.3, -0.25) is 0 Å². The van der Waals surface area contributed by atoms with Crippen molar-refractivity contribution in [3.63, 3.8) is 0 Å². The van der Waals surface area contributed by atoms with E-state index in [0.717, 1.165) is 12.8 Å². The van der Waals surface area contributed by atoms with Crippen molar-refractivity contribution in [2.24, 2.45) is 0 Å². The van der Waals surface area contributed by atoms with Crippen LogP contribution in [0.15, 0.2) is 0 Å². The van der Waals surface area contributed by atoms with Crippen LogP contribution in [0, 0.1) is 0 Å². The van der Waals surface area contributed by atoms with E-state index in [2.05, 4.69) is 6.92 Å². The van der Waals surface area contributed by atoms with Crippen LogP contribution in [0.2, 0.25) is 0 Å². The van der Waals surface area contributed by atoms with Crippen molar-refractivity contribution in [1.82, 2.24) is 0 Å². The molecule has 0 saturated heterocycles. The van der Waals surface area contributed by atoms with Gasteiger partial charge in [-0.2, -0.15) is 0 Å². The molecule has 0 rings (SSSR count). The standard InChI is InChI=1S/C15H30O3/c1-2-3-4-5-6-7-8-9-10-11-12-13-14(16)15(17)18/h14,16H,2-13H2,1H3,(H,17,18)/t14-/m0/s1. The fourth-order valence-corrected chi connectivity index (χ4v) is 2.13. The number of aliphatic hydroxyl groups excluding tert-OH is 1. The summed E-state index contributed by atoms with van der Waals surface area (Å²) in [4.78, 5) is 10.4. The van der Waals surface area contributed by atoms with Gasteiger partial charge in [-0.15, -0.1) is 0 Å².